The van der Waals surface area contributed by atoms with Gasteiger partial charge in [0.05, 0.1) is 13.2 Å². The molecule has 22 heavy (non-hydrogen) atoms. The van der Waals surface area contributed by atoms with Crippen molar-refractivity contribution in [3.63, 3.8) is 0 Å². The Bertz CT molecular complexity index is 543. The first-order chi connectivity index (χ1) is 10.7. The lowest BCUT2D eigenvalue weighted by Gasteiger charge is -2.32. The van der Waals surface area contributed by atoms with Crippen LogP contribution in [-0.2, 0) is 15.9 Å². The van der Waals surface area contributed by atoms with Gasteiger partial charge < -0.3 is 23.8 Å². The van der Waals surface area contributed by atoms with E-state index < -0.39 is 0 Å². The minimum Gasteiger partial charge on any atom is -0.454 e. The van der Waals surface area contributed by atoms with Gasteiger partial charge in [0.2, 0.25) is 6.79 Å². The monoisotopic (exact) mass is 307 g/mol. The topological polar surface area (TPSA) is 57.2 Å². The Hall–Kier alpha value is -1.95. The first-order valence-electron chi connectivity index (χ1n) is 7.61. The van der Waals surface area contributed by atoms with E-state index in [1.54, 1.807) is 4.90 Å². The number of hydrogen-bond donors (Lipinski definition) is 0. The van der Waals surface area contributed by atoms with E-state index >= 15 is 0 Å². The van der Waals surface area contributed by atoms with E-state index in [9.17, 15) is 4.79 Å². The van der Waals surface area contributed by atoms with Crippen molar-refractivity contribution >= 4 is 6.09 Å². The third-order valence-corrected chi connectivity index (χ3v) is 3.95. The maximum absolute atomic E-state index is 12.2. The van der Waals surface area contributed by atoms with Gasteiger partial charge in [-0.05, 0) is 38.0 Å². The van der Waals surface area contributed by atoms with Gasteiger partial charge in [0, 0.05) is 12.6 Å². The van der Waals surface area contributed by atoms with Crippen LogP contribution in [0.1, 0.15) is 19.4 Å². The zero-order chi connectivity index (χ0) is 15.5. The normalized spacial score (nSPS) is 17.7. The number of fused-ring (bicyclic) bond motifs is 1. The van der Waals surface area contributed by atoms with Gasteiger partial charge >= 0.3 is 6.09 Å². The number of amides is 1. The van der Waals surface area contributed by atoms with Crippen LogP contribution in [0.25, 0.3) is 0 Å². The molecular formula is C16H21NO5. The second-order valence-electron chi connectivity index (χ2n) is 5.57. The predicted molar refractivity (Wildman–Crippen MR) is 79.2 cm³/mol. The maximum Gasteiger partial charge on any atom is 0.410 e. The molecule has 1 saturated heterocycles. The first kappa shape index (κ1) is 15.0. The molecular weight excluding hydrogens is 286 g/mol. The van der Waals surface area contributed by atoms with E-state index in [1.807, 2.05) is 32.0 Å². The van der Waals surface area contributed by atoms with Crippen LogP contribution in [0.15, 0.2) is 18.2 Å². The van der Waals surface area contributed by atoms with Gasteiger partial charge in [0.15, 0.2) is 17.6 Å². The number of ether oxygens (including phenoxy) is 4. The molecule has 1 fully saturated rings. The summed E-state index contributed by atoms with van der Waals surface area (Å²) in [5.41, 5.74) is 1.11. The smallest absolute Gasteiger partial charge is 0.410 e. The Balaban J connectivity index is 1.61. The van der Waals surface area contributed by atoms with Gasteiger partial charge in [-0.3, -0.25) is 0 Å². The zero-order valence-corrected chi connectivity index (χ0v) is 12.9. The van der Waals surface area contributed by atoms with Crippen molar-refractivity contribution in [2.45, 2.75) is 32.4 Å². The van der Waals surface area contributed by atoms with E-state index in [-0.39, 0.29) is 25.0 Å². The molecule has 2 aliphatic heterocycles. The molecule has 1 unspecified atom stereocenters. The van der Waals surface area contributed by atoms with E-state index in [1.165, 1.54) is 0 Å². The van der Waals surface area contributed by atoms with Crippen molar-refractivity contribution in [3.8, 4) is 11.5 Å². The van der Waals surface area contributed by atoms with E-state index in [2.05, 4.69) is 0 Å². The van der Waals surface area contributed by atoms with Crippen LogP contribution >= 0.6 is 0 Å². The van der Waals surface area contributed by atoms with E-state index in [0.717, 1.165) is 23.5 Å². The molecule has 0 saturated carbocycles. The molecule has 6 nitrogen and oxygen atoms in total. The fourth-order valence-electron chi connectivity index (χ4n) is 2.63. The highest BCUT2D eigenvalue weighted by Gasteiger charge is 2.27. The quantitative estimate of drug-likeness (QED) is 0.834. The highest BCUT2D eigenvalue weighted by Crippen LogP contribution is 2.33. The summed E-state index contributed by atoms with van der Waals surface area (Å²) in [6.07, 6.45) is 0.365. The lowest BCUT2D eigenvalue weighted by Crippen LogP contribution is -2.45. The third-order valence-electron chi connectivity index (χ3n) is 3.95. The average molecular weight is 307 g/mol. The Morgan fingerprint density at radius 1 is 1.36 bits per heavy atom. The Labute approximate surface area is 129 Å². The molecule has 1 amide bonds. The molecule has 0 spiro atoms. The molecule has 2 aliphatic rings. The molecule has 1 atom stereocenters. The van der Waals surface area contributed by atoms with Crippen LogP contribution in [0.4, 0.5) is 4.79 Å². The molecule has 6 heteroatoms. The van der Waals surface area contributed by atoms with Crippen LogP contribution in [0.2, 0.25) is 0 Å². The lowest BCUT2D eigenvalue weighted by atomic mass is 10.1. The van der Waals surface area contributed by atoms with Crippen molar-refractivity contribution < 1.29 is 23.7 Å². The Morgan fingerprint density at radius 2 is 2.14 bits per heavy atom. The van der Waals surface area contributed by atoms with Crippen LogP contribution in [0.5, 0.6) is 11.5 Å². The van der Waals surface area contributed by atoms with Crippen molar-refractivity contribution in [3.05, 3.63) is 23.8 Å². The summed E-state index contributed by atoms with van der Waals surface area (Å²) in [5.74, 6) is 1.54. The molecule has 1 aromatic carbocycles. The molecule has 2 heterocycles. The summed E-state index contributed by atoms with van der Waals surface area (Å²) < 4.78 is 21.1. The number of carbonyl (C=O) groups excluding carboxylic acids is 1. The fourth-order valence-corrected chi connectivity index (χ4v) is 2.63. The van der Waals surface area contributed by atoms with Gasteiger partial charge in [0.1, 0.15) is 0 Å². The number of benzene rings is 1. The molecule has 1 aromatic rings. The molecule has 0 bridgehead atoms. The van der Waals surface area contributed by atoms with Crippen LogP contribution in [-0.4, -0.2) is 49.7 Å². The van der Waals surface area contributed by atoms with Gasteiger partial charge in [-0.15, -0.1) is 0 Å². The largest absolute Gasteiger partial charge is 0.454 e. The summed E-state index contributed by atoms with van der Waals surface area (Å²) in [5, 5.41) is 0. The Kier molecular flexibility index (Phi) is 4.38. The average Bonchev–Trinajstić information content (AvgIpc) is 2.91. The second kappa shape index (κ2) is 6.44. The van der Waals surface area contributed by atoms with Crippen LogP contribution in [0.3, 0.4) is 0 Å². The second-order valence-corrected chi connectivity index (χ2v) is 5.57. The minimum absolute atomic E-state index is 0.0406. The number of rotatable bonds is 5. The standard InChI is InChI=1S/C16H21NO5/c1-3-17(16(18)22-13-8-19-9-13)11(2)6-12-4-5-14-15(7-12)21-10-20-14/h4-5,7,11,13H,3,6,8-10H2,1-2H3. The molecule has 0 N–H and O–H groups in total. The Morgan fingerprint density at radius 3 is 2.82 bits per heavy atom. The van der Waals surface area contributed by atoms with Crippen molar-refractivity contribution in [1.29, 1.82) is 0 Å². The number of likely N-dealkylation sites (N-methyl/N-ethyl adjacent to an activating group) is 1. The van der Waals surface area contributed by atoms with Gasteiger partial charge in [-0.1, -0.05) is 6.07 Å². The summed E-state index contributed by atoms with van der Waals surface area (Å²) in [7, 11) is 0. The molecule has 0 aliphatic carbocycles. The van der Waals surface area contributed by atoms with E-state index in [4.69, 9.17) is 18.9 Å². The number of nitrogens with zero attached hydrogens (tertiary/aromatic N) is 1. The number of carbonyl (C=O) groups is 1. The SMILES string of the molecule is CCN(C(=O)OC1COC1)C(C)Cc1ccc2c(c1)OCO2. The van der Waals surface area contributed by atoms with Crippen LogP contribution in [0, 0.1) is 0 Å². The van der Waals surface area contributed by atoms with E-state index in [0.29, 0.717) is 19.8 Å². The third kappa shape index (κ3) is 3.11. The van der Waals surface area contributed by atoms with Crippen molar-refractivity contribution in [1.82, 2.24) is 4.90 Å². The van der Waals surface area contributed by atoms with Crippen LogP contribution < -0.4 is 9.47 Å². The minimum atomic E-state index is -0.274. The predicted octanol–water partition coefficient (Wildman–Crippen LogP) is 2.20. The van der Waals surface area contributed by atoms with Crippen molar-refractivity contribution in [2.75, 3.05) is 26.6 Å². The van der Waals surface area contributed by atoms with Crippen molar-refractivity contribution in [2.24, 2.45) is 0 Å². The number of hydrogen-bond acceptors (Lipinski definition) is 5. The first-order valence-corrected chi connectivity index (χ1v) is 7.61. The molecule has 0 aromatic heterocycles. The summed E-state index contributed by atoms with van der Waals surface area (Å²) in [6.45, 7) is 5.85. The summed E-state index contributed by atoms with van der Waals surface area (Å²) >= 11 is 0. The zero-order valence-electron chi connectivity index (χ0n) is 12.9. The fraction of sp³-hybridized carbons (Fsp3) is 0.562. The molecule has 0 radical (unpaired) electrons. The van der Waals surface area contributed by atoms with Gasteiger partial charge in [0.25, 0.3) is 0 Å². The highest BCUT2D eigenvalue weighted by atomic mass is 16.7. The lowest BCUT2D eigenvalue weighted by molar-refractivity contribution is -0.106. The highest BCUT2D eigenvalue weighted by molar-refractivity contribution is 5.68. The van der Waals surface area contributed by atoms with Gasteiger partial charge in [-0.25, -0.2) is 4.79 Å². The maximum atomic E-state index is 12.2. The summed E-state index contributed by atoms with van der Waals surface area (Å²) in [6, 6.07) is 5.92. The van der Waals surface area contributed by atoms with Gasteiger partial charge in [-0.2, -0.15) is 0 Å². The molecule has 3 rings (SSSR count). The molecule has 120 valence electrons. The summed E-state index contributed by atoms with van der Waals surface area (Å²) in [4.78, 5) is 13.9.